The fourth-order valence-corrected chi connectivity index (χ4v) is 2.49. The summed E-state index contributed by atoms with van der Waals surface area (Å²) >= 11 is 2.07. The molecule has 0 amide bonds. The number of rotatable bonds is 1. The van der Waals surface area contributed by atoms with Crippen LogP contribution in [0.4, 0.5) is 0 Å². The Labute approximate surface area is 119 Å². The summed E-state index contributed by atoms with van der Waals surface area (Å²) in [4.78, 5) is 0. The number of halogens is 1. The van der Waals surface area contributed by atoms with Gasteiger partial charge in [0, 0.05) is 11.4 Å². The van der Waals surface area contributed by atoms with Gasteiger partial charge >= 0.3 is 0 Å². The summed E-state index contributed by atoms with van der Waals surface area (Å²) in [5.41, 5.74) is 2.60. The fourth-order valence-electron chi connectivity index (χ4n) is 2.06. The Hall–Kier alpha value is -1.73. The van der Waals surface area contributed by atoms with Crippen LogP contribution in [0.1, 0.15) is 25.5 Å². The highest BCUT2D eigenvalue weighted by Gasteiger charge is 2.31. The second-order valence-electron chi connectivity index (χ2n) is 4.00. The zero-order chi connectivity index (χ0) is 13.3. The molecule has 0 aromatic carbocycles. The molecule has 4 nitrogen and oxygen atoms in total. The lowest BCUT2D eigenvalue weighted by Gasteiger charge is -2.24. The van der Waals surface area contributed by atoms with Gasteiger partial charge in [0.15, 0.2) is 3.77 Å². The van der Waals surface area contributed by atoms with Gasteiger partial charge in [-0.2, -0.15) is 10.5 Å². The lowest BCUT2D eigenvalue weighted by Crippen LogP contribution is -2.23. The van der Waals surface area contributed by atoms with Gasteiger partial charge in [0.05, 0.1) is 29.2 Å². The van der Waals surface area contributed by atoms with Crippen molar-refractivity contribution in [3.8, 4) is 12.1 Å². The number of nitrogens with one attached hydrogen (secondary N) is 1. The molecule has 2 heterocycles. The molecule has 2 rings (SSSR count). The maximum atomic E-state index is 9.28. The van der Waals surface area contributed by atoms with Crippen molar-refractivity contribution in [2.75, 3.05) is 0 Å². The van der Waals surface area contributed by atoms with E-state index in [0.29, 0.717) is 16.9 Å². The highest BCUT2D eigenvalue weighted by Crippen LogP contribution is 2.37. The third kappa shape index (κ3) is 2.02. The minimum absolute atomic E-state index is 0.398. The lowest BCUT2D eigenvalue weighted by atomic mass is 9.85. The first kappa shape index (κ1) is 12.7. The van der Waals surface area contributed by atoms with E-state index in [2.05, 4.69) is 40.0 Å². The van der Waals surface area contributed by atoms with Crippen LogP contribution in [0.25, 0.3) is 0 Å². The molecular weight excluding hydrogens is 341 g/mol. The zero-order valence-electron chi connectivity index (χ0n) is 9.91. The average Bonchev–Trinajstić information content (AvgIpc) is 2.74. The van der Waals surface area contributed by atoms with Gasteiger partial charge in [-0.05, 0) is 48.6 Å². The van der Waals surface area contributed by atoms with E-state index in [1.807, 2.05) is 26.0 Å². The van der Waals surface area contributed by atoms with Crippen molar-refractivity contribution in [1.82, 2.24) is 5.32 Å². The van der Waals surface area contributed by atoms with Crippen LogP contribution in [0, 0.1) is 26.4 Å². The summed E-state index contributed by atoms with van der Waals surface area (Å²) in [6.45, 7) is 3.66. The van der Waals surface area contributed by atoms with Gasteiger partial charge in [0.1, 0.15) is 5.76 Å². The Morgan fingerprint density at radius 3 is 2.11 bits per heavy atom. The molecule has 0 bridgehead atoms. The van der Waals surface area contributed by atoms with E-state index >= 15 is 0 Å². The molecule has 90 valence electrons. The standard InChI is InChI=1S/C13H10IN3O/c1-7-9(5-15)13(10(6-16)8(2)17-7)11-3-4-12(14)18-11/h3-4,13,17H,1-2H3. The predicted octanol–water partition coefficient (Wildman–Crippen LogP) is 3.17. The van der Waals surface area contributed by atoms with E-state index < -0.39 is 5.92 Å². The van der Waals surface area contributed by atoms with E-state index in [-0.39, 0.29) is 0 Å². The molecular formula is C13H10IN3O. The molecule has 1 aliphatic rings. The van der Waals surface area contributed by atoms with Crippen LogP contribution < -0.4 is 5.32 Å². The minimum atomic E-state index is -0.398. The van der Waals surface area contributed by atoms with Gasteiger partial charge in [0.2, 0.25) is 0 Å². The zero-order valence-corrected chi connectivity index (χ0v) is 12.1. The van der Waals surface area contributed by atoms with Crippen molar-refractivity contribution in [2.24, 2.45) is 0 Å². The molecule has 0 saturated carbocycles. The van der Waals surface area contributed by atoms with E-state index in [0.717, 1.165) is 15.2 Å². The Bertz CT molecular complexity index is 604. The third-order valence-electron chi connectivity index (χ3n) is 2.88. The molecule has 0 fully saturated rings. The van der Waals surface area contributed by atoms with Crippen molar-refractivity contribution in [3.63, 3.8) is 0 Å². The van der Waals surface area contributed by atoms with Gasteiger partial charge < -0.3 is 9.73 Å². The summed E-state index contributed by atoms with van der Waals surface area (Å²) in [6, 6.07) is 7.97. The van der Waals surface area contributed by atoms with E-state index in [1.54, 1.807) is 0 Å². The molecule has 0 unspecified atom stereocenters. The number of allylic oxidation sites excluding steroid dienone is 4. The molecule has 5 heteroatoms. The van der Waals surface area contributed by atoms with Crippen LogP contribution >= 0.6 is 22.6 Å². The van der Waals surface area contributed by atoms with E-state index in [9.17, 15) is 10.5 Å². The van der Waals surface area contributed by atoms with Gasteiger partial charge in [-0.15, -0.1) is 0 Å². The van der Waals surface area contributed by atoms with E-state index in [4.69, 9.17) is 4.42 Å². The Morgan fingerprint density at radius 2 is 1.72 bits per heavy atom. The van der Waals surface area contributed by atoms with Crippen LogP contribution in [-0.4, -0.2) is 0 Å². The molecule has 0 aliphatic carbocycles. The molecule has 1 N–H and O–H groups in total. The van der Waals surface area contributed by atoms with Crippen LogP contribution in [-0.2, 0) is 0 Å². The number of nitriles is 2. The highest BCUT2D eigenvalue weighted by atomic mass is 127. The van der Waals surface area contributed by atoms with Crippen LogP contribution in [0.2, 0.25) is 0 Å². The molecule has 0 radical (unpaired) electrons. The summed E-state index contributed by atoms with van der Waals surface area (Å²) in [7, 11) is 0. The summed E-state index contributed by atoms with van der Waals surface area (Å²) < 4.78 is 6.31. The third-order valence-corrected chi connectivity index (χ3v) is 3.46. The summed E-state index contributed by atoms with van der Waals surface area (Å²) in [5.74, 6) is 0.234. The van der Waals surface area contributed by atoms with Crippen LogP contribution in [0.3, 0.4) is 0 Å². The monoisotopic (exact) mass is 351 g/mol. The molecule has 1 aliphatic heterocycles. The smallest absolute Gasteiger partial charge is 0.164 e. The largest absolute Gasteiger partial charge is 0.454 e. The first-order valence-electron chi connectivity index (χ1n) is 5.32. The van der Waals surface area contributed by atoms with E-state index in [1.165, 1.54) is 0 Å². The maximum absolute atomic E-state index is 9.28. The predicted molar refractivity (Wildman–Crippen MR) is 73.9 cm³/mol. The molecule has 0 spiro atoms. The van der Waals surface area contributed by atoms with Crippen molar-refractivity contribution < 1.29 is 4.42 Å². The fraction of sp³-hybridized carbons (Fsp3) is 0.231. The van der Waals surface area contributed by atoms with Gasteiger partial charge in [-0.1, -0.05) is 0 Å². The van der Waals surface area contributed by atoms with Gasteiger partial charge in [0.25, 0.3) is 0 Å². The maximum Gasteiger partial charge on any atom is 0.164 e. The van der Waals surface area contributed by atoms with Crippen molar-refractivity contribution in [2.45, 2.75) is 19.8 Å². The normalized spacial score (nSPS) is 16.3. The average molecular weight is 351 g/mol. The number of nitrogens with zero attached hydrogens (tertiary/aromatic N) is 2. The van der Waals surface area contributed by atoms with Gasteiger partial charge in [-0.3, -0.25) is 0 Å². The van der Waals surface area contributed by atoms with Gasteiger partial charge in [-0.25, -0.2) is 0 Å². The summed E-state index contributed by atoms with van der Waals surface area (Å²) in [5, 5.41) is 21.6. The minimum Gasteiger partial charge on any atom is -0.454 e. The number of hydrogen-bond donors (Lipinski definition) is 1. The second kappa shape index (κ2) is 4.87. The Kier molecular flexibility index (Phi) is 3.44. The molecule has 0 saturated heterocycles. The molecule has 0 atom stereocenters. The lowest BCUT2D eigenvalue weighted by molar-refractivity contribution is 0.476. The quantitative estimate of drug-likeness (QED) is 0.789. The van der Waals surface area contributed by atoms with Crippen molar-refractivity contribution in [3.05, 3.63) is 44.2 Å². The Balaban J connectivity index is 2.61. The number of hydrogen-bond acceptors (Lipinski definition) is 4. The number of furan rings is 1. The van der Waals surface area contributed by atoms with Crippen molar-refractivity contribution >= 4 is 22.6 Å². The molecule has 18 heavy (non-hydrogen) atoms. The summed E-state index contributed by atoms with van der Waals surface area (Å²) in [6.07, 6.45) is 0. The topological polar surface area (TPSA) is 72.8 Å². The first-order valence-corrected chi connectivity index (χ1v) is 6.40. The van der Waals surface area contributed by atoms with Crippen molar-refractivity contribution in [1.29, 1.82) is 10.5 Å². The molecule has 1 aromatic rings. The Morgan fingerprint density at radius 1 is 1.17 bits per heavy atom. The first-order chi connectivity index (χ1) is 8.58. The SMILES string of the molecule is CC1=C(C#N)C(c2ccc(I)o2)C(C#N)=C(C)N1. The van der Waals surface area contributed by atoms with Crippen LogP contribution in [0.15, 0.2) is 39.1 Å². The highest BCUT2D eigenvalue weighted by molar-refractivity contribution is 14.1. The van der Waals surface area contributed by atoms with Crippen LogP contribution in [0.5, 0.6) is 0 Å². The number of dihydropyridines is 1. The molecule has 1 aromatic heterocycles. The second-order valence-corrected chi connectivity index (χ2v) is 5.06.